The van der Waals surface area contributed by atoms with Gasteiger partial charge in [-0.3, -0.25) is 4.79 Å². The third-order valence-corrected chi connectivity index (χ3v) is 4.05. The zero-order chi connectivity index (χ0) is 15.2. The van der Waals surface area contributed by atoms with Crippen LogP contribution in [0.25, 0.3) is 6.08 Å². The second-order valence-electron chi connectivity index (χ2n) is 5.06. The molecule has 0 saturated heterocycles. The lowest BCUT2D eigenvalue weighted by Crippen LogP contribution is -2.20. The van der Waals surface area contributed by atoms with Gasteiger partial charge in [-0.15, -0.1) is 11.3 Å². The summed E-state index contributed by atoms with van der Waals surface area (Å²) in [6.45, 7) is 2.60. The Morgan fingerprint density at radius 3 is 2.48 bits per heavy atom. The number of hydrogen-bond donors (Lipinski definition) is 1. The second kappa shape index (κ2) is 7.09. The zero-order valence-corrected chi connectivity index (χ0v) is 13.4. The number of amides is 1. The van der Waals surface area contributed by atoms with Gasteiger partial charge in [-0.1, -0.05) is 12.1 Å². The van der Waals surface area contributed by atoms with Crippen molar-refractivity contribution < 1.29 is 4.79 Å². The minimum Gasteiger partial charge on any atom is -0.378 e. The number of rotatable bonds is 5. The van der Waals surface area contributed by atoms with Crippen molar-refractivity contribution in [1.29, 1.82) is 0 Å². The van der Waals surface area contributed by atoms with Gasteiger partial charge in [-0.25, -0.2) is 0 Å². The summed E-state index contributed by atoms with van der Waals surface area (Å²) < 4.78 is 0. The normalized spacial score (nSPS) is 10.8. The van der Waals surface area contributed by atoms with Crippen LogP contribution in [0.1, 0.15) is 15.3 Å². The number of carbonyl (C=O) groups is 1. The Kier molecular flexibility index (Phi) is 5.17. The van der Waals surface area contributed by atoms with Crippen molar-refractivity contribution in [3.05, 3.63) is 57.8 Å². The molecule has 0 radical (unpaired) electrons. The van der Waals surface area contributed by atoms with Crippen LogP contribution in [-0.4, -0.2) is 20.0 Å². The molecule has 0 unspecified atom stereocenters. The van der Waals surface area contributed by atoms with Crippen LogP contribution in [-0.2, 0) is 11.3 Å². The fraction of sp³-hybridized carbons (Fsp3) is 0.235. The maximum Gasteiger partial charge on any atom is 0.244 e. The Balaban J connectivity index is 1.84. The number of anilines is 1. The van der Waals surface area contributed by atoms with E-state index in [1.165, 1.54) is 4.88 Å². The number of nitrogens with one attached hydrogen (secondary N) is 1. The number of carbonyl (C=O) groups excluding carboxylic acids is 1. The van der Waals surface area contributed by atoms with Gasteiger partial charge in [0.05, 0.1) is 0 Å². The van der Waals surface area contributed by atoms with Crippen LogP contribution in [0.15, 0.2) is 42.5 Å². The first-order chi connectivity index (χ1) is 10.0. The standard InChI is InChI=1S/C17H20N2OS/c1-13-4-9-16(21-13)10-11-17(20)18-12-14-5-7-15(8-6-14)19(2)3/h4-11H,12H2,1-3H3,(H,18,20)/b11-10+. The fourth-order valence-corrected chi connectivity index (χ4v) is 2.64. The van der Waals surface area contributed by atoms with Gasteiger partial charge in [0.15, 0.2) is 0 Å². The van der Waals surface area contributed by atoms with Gasteiger partial charge < -0.3 is 10.2 Å². The van der Waals surface area contributed by atoms with E-state index in [1.54, 1.807) is 17.4 Å². The molecular formula is C17H20N2OS. The topological polar surface area (TPSA) is 32.3 Å². The van der Waals surface area contributed by atoms with Gasteiger partial charge >= 0.3 is 0 Å². The van der Waals surface area contributed by atoms with Gasteiger partial charge in [0.2, 0.25) is 5.91 Å². The molecule has 110 valence electrons. The van der Waals surface area contributed by atoms with Gasteiger partial charge in [0, 0.05) is 42.2 Å². The molecule has 1 heterocycles. The average Bonchev–Trinajstić information content (AvgIpc) is 2.89. The van der Waals surface area contributed by atoms with Gasteiger partial charge in [-0.2, -0.15) is 0 Å². The van der Waals surface area contributed by atoms with Crippen LogP contribution in [0.2, 0.25) is 0 Å². The third kappa shape index (κ3) is 4.76. The molecule has 1 N–H and O–H groups in total. The van der Waals surface area contributed by atoms with Crippen LogP contribution in [0, 0.1) is 6.92 Å². The van der Waals surface area contributed by atoms with E-state index in [-0.39, 0.29) is 5.91 Å². The first-order valence-electron chi connectivity index (χ1n) is 6.83. The summed E-state index contributed by atoms with van der Waals surface area (Å²) in [5.74, 6) is -0.0715. The van der Waals surface area contributed by atoms with Crippen molar-refractivity contribution in [2.24, 2.45) is 0 Å². The quantitative estimate of drug-likeness (QED) is 0.858. The van der Waals surface area contributed by atoms with Gasteiger partial charge in [-0.05, 0) is 42.8 Å². The largest absolute Gasteiger partial charge is 0.378 e. The van der Waals surface area contributed by atoms with Crippen LogP contribution in [0.3, 0.4) is 0 Å². The summed E-state index contributed by atoms with van der Waals surface area (Å²) in [6.07, 6.45) is 3.43. The molecule has 1 aromatic carbocycles. The van der Waals surface area contributed by atoms with Crippen LogP contribution >= 0.6 is 11.3 Å². The predicted molar refractivity (Wildman–Crippen MR) is 90.7 cm³/mol. The smallest absolute Gasteiger partial charge is 0.244 e. The van der Waals surface area contributed by atoms with Crippen molar-refractivity contribution in [3.63, 3.8) is 0 Å². The van der Waals surface area contributed by atoms with Crippen molar-refractivity contribution in [3.8, 4) is 0 Å². The minimum absolute atomic E-state index is 0.0715. The predicted octanol–water partition coefficient (Wildman–Crippen LogP) is 3.45. The van der Waals surface area contributed by atoms with Crippen molar-refractivity contribution >= 4 is 29.0 Å². The molecule has 0 aliphatic carbocycles. The highest BCUT2D eigenvalue weighted by atomic mass is 32.1. The molecule has 0 saturated carbocycles. The lowest BCUT2D eigenvalue weighted by molar-refractivity contribution is -0.116. The number of hydrogen-bond acceptors (Lipinski definition) is 3. The molecule has 1 aromatic heterocycles. The molecule has 21 heavy (non-hydrogen) atoms. The molecule has 0 aliphatic heterocycles. The number of benzene rings is 1. The Hall–Kier alpha value is -2.07. The molecule has 0 fully saturated rings. The fourth-order valence-electron chi connectivity index (χ4n) is 1.86. The summed E-state index contributed by atoms with van der Waals surface area (Å²) in [7, 11) is 4.02. The number of aryl methyl sites for hydroxylation is 1. The Labute approximate surface area is 129 Å². The van der Waals surface area contributed by atoms with Crippen LogP contribution < -0.4 is 10.2 Å². The van der Waals surface area contributed by atoms with Crippen molar-refractivity contribution in [1.82, 2.24) is 5.32 Å². The van der Waals surface area contributed by atoms with E-state index in [0.29, 0.717) is 6.54 Å². The maximum atomic E-state index is 11.8. The lowest BCUT2D eigenvalue weighted by Gasteiger charge is -2.12. The van der Waals surface area contributed by atoms with Crippen LogP contribution in [0.4, 0.5) is 5.69 Å². The molecular weight excluding hydrogens is 280 g/mol. The number of nitrogens with zero attached hydrogens (tertiary/aromatic N) is 1. The molecule has 2 rings (SSSR count). The lowest BCUT2D eigenvalue weighted by atomic mass is 10.2. The summed E-state index contributed by atoms with van der Waals surface area (Å²) in [5, 5.41) is 2.89. The van der Waals surface area contributed by atoms with E-state index in [0.717, 1.165) is 16.1 Å². The SMILES string of the molecule is Cc1ccc(/C=C/C(=O)NCc2ccc(N(C)C)cc2)s1. The minimum atomic E-state index is -0.0715. The molecule has 2 aromatic rings. The summed E-state index contributed by atoms with van der Waals surface area (Å²) >= 11 is 1.68. The molecule has 3 nitrogen and oxygen atoms in total. The molecule has 0 spiro atoms. The highest BCUT2D eigenvalue weighted by molar-refractivity contribution is 7.12. The molecule has 0 bridgehead atoms. The molecule has 4 heteroatoms. The highest BCUT2D eigenvalue weighted by Crippen LogP contribution is 2.16. The third-order valence-electron chi connectivity index (χ3n) is 3.08. The first-order valence-corrected chi connectivity index (χ1v) is 7.65. The maximum absolute atomic E-state index is 11.8. The van der Waals surface area contributed by atoms with E-state index in [1.807, 2.05) is 55.4 Å². The van der Waals surface area contributed by atoms with Crippen LogP contribution in [0.5, 0.6) is 0 Å². The molecule has 0 aliphatic rings. The molecule has 0 atom stereocenters. The van der Waals surface area contributed by atoms with E-state index in [2.05, 4.69) is 18.3 Å². The summed E-state index contributed by atoms with van der Waals surface area (Å²) in [4.78, 5) is 16.2. The highest BCUT2D eigenvalue weighted by Gasteiger charge is 1.99. The van der Waals surface area contributed by atoms with E-state index in [4.69, 9.17) is 0 Å². The van der Waals surface area contributed by atoms with E-state index < -0.39 is 0 Å². The van der Waals surface area contributed by atoms with Crippen molar-refractivity contribution in [2.75, 3.05) is 19.0 Å². The van der Waals surface area contributed by atoms with Gasteiger partial charge in [0.25, 0.3) is 0 Å². The summed E-state index contributed by atoms with van der Waals surface area (Å²) in [5.41, 5.74) is 2.24. The zero-order valence-electron chi connectivity index (χ0n) is 12.6. The van der Waals surface area contributed by atoms with Crippen molar-refractivity contribution in [2.45, 2.75) is 13.5 Å². The Morgan fingerprint density at radius 2 is 1.90 bits per heavy atom. The Morgan fingerprint density at radius 1 is 1.19 bits per heavy atom. The summed E-state index contributed by atoms with van der Waals surface area (Å²) in [6, 6.07) is 12.2. The van der Waals surface area contributed by atoms with Gasteiger partial charge in [0.1, 0.15) is 0 Å². The monoisotopic (exact) mass is 300 g/mol. The second-order valence-corrected chi connectivity index (χ2v) is 6.38. The van der Waals surface area contributed by atoms with E-state index >= 15 is 0 Å². The van der Waals surface area contributed by atoms with E-state index in [9.17, 15) is 4.79 Å². The first kappa shape index (κ1) is 15.3. The Bertz CT molecular complexity index is 626. The average molecular weight is 300 g/mol. The number of thiophene rings is 1. The molecule has 1 amide bonds.